The van der Waals surface area contributed by atoms with Crippen molar-refractivity contribution in [1.82, 2.24) is 9.97 Å². The molecule has 0 fully saturated rings. The first-order valence-electron chi connectivity index (χ1n) is 7.97. The Morgan fingerprint density at radius 3 is 2.56 bits per heavy atom. The van der Waals surface area contributed by atoms with Gasteiger partial charge in [0, 0.05) is 22.5 Å². The highest BCUT2D eigenvalue weighted by Gasteiger charge is 2.18. The van der Waals surface area contributed by atoms with Crippen LogP contribution in [0.3, 0.4) is 0 Å². The Balaban J connectivity index is 1.54. The SMILES string of the molecule is O=C(Nc1ccc(Cl)cc1)Nc1ncc2c(n1)-c1ccccc1CC2. The second-order valence-corrected chi connectivity index (χ2v) is 6.25. The van der Waals surface area contributed by atoms with Gasteiger partial charge in [-0.2, -0.15) is 0 Å². The van der Waals surface area contributed by atoms with Crippen LogP contribution in [-0.2, 0) is 12.8 Å². The quantitative estimate of drug-likeness (QED) is 0.713. The second-order valence-electron chi connectivity index (χ2n) is 5.81. The molecule has 0 saturated heterocycles. The lowest BCUT2D eigenvalue weighted by Crippen LogP contribution is -2.21. The van der Waals surface area contributed by atoms with Crippen LogP contribution in [0.25, 0.3) is 11.3 Å². The number of urea groups is 1. The number of hydrogen-bond acceptors (Lipinski definition) is 3. The van der Waals surface area contributed by atoms with E-state index >= 15 is 0 Å². The smallest absolute Gasteiger partial charge is 0.308 e. The minimum atomic E-state index is -0.397. The van der Waals surface area contributed by atoms with Gasteiger partial charge in [0.15, 0.2) is 0 Å². The highest BCUT2D eigenvalue weighted by Crippen LogP contribution is 2.31. The maximum absolute atomic E-state index is 12.1. The number of carbonyl (C=O) groups is 1. The van der Waals surface area contributed by atoms with Crippen LogP contribution < -0.4 is 10.6 Å². The molecule has 1 aliphatic rings. The Morgan fingerprint density at radius 2 is 1.72 bits per heavy atom. The molecule has 0 unspecified atom stereocenters. The van der Waals surface area contributed by atoms with Crippen molar-refractivity contribution < 1.29 is 4.79 Å². The Hall–Kier alpha value is -2.92. The third-order valence-corrected chi connectivity index (χ3v) is 4.38. The predicted octanol–water partition coefficient (Wildman–Crippen LogP) is 4.54. The van der Waals surface area contributed by atoms with E-state index in [4.69, 9.17) is 11.6 Å². The molecule has 0 bridgehead atoms. The number of aromatic nitrogens is 2. The standard InChI is InChI=1S/C19H15ClN4O/c20-14-7-9-15(10-8-14)22-19(25)24-18-21-11-13-6-5-12-3-1-2-4-16(12)17(13)23-18/h1-4,7-11H,5-6H2,(H2,21,22,23,24,25). The monoisotopic (exact) mass is 350 g/mol. The fourth-order valence-corrected chi connectivity index (χ4v) is 3.04. The highest BCUT2D eigenvalue weighted by molar-refractivity contribution is 6.30. The van der Waals surface area contributed by atoms with E-state index in [0.717, 1.165) is 29.7 Å². The fraction of sp³-hybridized carbons (Fsp3) is 0.105. The van der Waals surface area contributed by atoms with E-state index in [1.807, 2.05) is 12.1 Å². The largest absolute Gasteiger partial charge is 0.326 e. The van der Waals surface area contributed by atoms with Crippen LogP contribution in [0, 0.1) is 0 Å². The molecule has 0 atom stereocenters. The van der Waals surface area contributed by atoms with Crippen LogP contribution in [0.4, 0.5) is 16.4 Å². The highest BCUT2D eigenvalue weighted by atomic mass is 35.5. The van der Waals surface area contributed by atoms with Gasteiger partial charge < -0.3 is 5.32 Å². The molecule has 1 aliphatic carbocycles. The summed E-state index contributed by atoms with van der Waals surface area (Å²) in [6.07, 6.45) is 3.68. The summed E-state index contributed by atoms with van der Waals surface area (Å²) in [5.74, 6) is 0.280. The van der Waals surface area contributed by atoms with Gasteiger partial charge in [-0.25, -0.2) is 14.8 Å². The van der Waals surface area contributed by atoms with Crippen LogP contribution >= 0.6 is 11.6 Å². The van der Waals surface area contributed by atoms with Gasteiger partial charge in [-0.05, 0) is 48.2 Å². The number of benzene rings is 2. The zero-order valence-electron chi connectivity index (χ0n) is 13.3. The summed E-state index contributed by atoms with van der Waals surface area (Å²) in [7, 11) is 0. The predicted molar refractivity (Wildman–Crippen MR) is 99.0 cm³/mol. The molecule has 0 spiro atoms. The number of aryl methyl sites for hydroxylation is 2. The van der Waals surface area contributed by atoms with E-state index in [2.05, 4.69) is 32.7 Å². The molecule has 2 amide bonds. The summed E-state index contributed by atoms with van der Waals surface area (Å²) in [5.41, 5.74) is 5.00. The first-order chi connectivity index (χ1) is 12.2. The topological polar surface area (TPSA) is 66.9 Å². The second kappa shape index (κ2) is 6.53. The zero-order valence-corrected chi connectivity index (χ0v) is 14.0. The van der Waals surface area contributed by atoms with Gasteiger partial charge >= 0.3 is 6.03 Å². The number of nitrogens with zero attached hydrogens (tertiary/aromatic N) is 2. The van der Waals surface area contributed by atoms with Crippen molar-refractivity contribution in [2.24, 2.45) is 0 Å². The molecule has 0 aliphatic heterocycles. The molecule has 6 heteroatoms. The van der Waals surface area contributed by atoms with Crippen LogP contribution in [-0.4, -0.2) is 16.0 Å². The molecular weight excluding hydrogens is 336 g/mol. The van der Waals surface area contributed by atoms with Gasteiger partial charge in [-0.3, -0.25) is 5.32 Å². The van der Waals surface area contributed by atoms with Crippen LogP contribution in [0.15, 0.2) is 54.7 Å². The van der Waals surface area contributed by atoms with Crippen LogP contribution in [0.1, 0.15) is 11.1 Å². The maximum Gasteiger partial charge on any atom is 0.326 e. The summed E-state index contributed by atoms with van der Waals surface area (Å²) in [4.78, 5) is 20.9. The maximum atomic E-state index is 12.1. The Bertz CT molecular complexity index is 940. The van der Waals surface area contributed by atoms with Crippen molar-refractivity contribution in [3.05, 3.63) is 70.9 Å². The molecule has 0 radical (unpaired) electrons. The van der Waals surface area contributed by atoms with E-state index in [1.54, 1.807) is 30.5 Å². The molecule has 4 rings (SSSR count). The summed E-state index contributed by atoms with van der Waals surface area (Å²) >= 11 is 5.84. The van der Waals surface area contributed by atoms with Crippen molar-refractivity contribution >= 4 is 29.3 Å². The summed E-state index contributed by atoms with van der Waals surface area (Å²) in [6.45, 7) is 0. The number of nitrogens with one attached hydrogen (secondary N) is 2. The van der Waals surface area contributed by atoms with Crippen molar-refractivity contribution in [2.45, 2.75) is 12.8 Å². The molecule has 2 N–H and O–H groups in total. The minimum absolute atomic E-state index is 0.280. The van der Waals surface area contributed by atoms with Crippen molar-refractivity contribution in [1.29, 1.82) is 0 Å². The van der Waals surface area contributed by atoms with E-state index < -0.39 is 6.03 Å². The minimum Gasteiger partial charge on any atom is -0.308 e. The lowest BCUT2D eigenvalue weighted by molar-refractivity contribution is 0.262. The van der Waals surface area contributed by atoms with Gasteiger partial charge in [0.25, 0.3) is 0 Å². The third-order valence-electron chi connectivity index (χ3n) is 4.13. The van der Waals surface area contributed by atoms with E-state index in [0.29, 0.717) is 10.7 Å². The average molecular weight is 351 g/mol. The number of hydrogen-bond donors (Lipinski definition) is 2. The van der Waals surface area contributed by atoms with Crippen LogP contribution in [0.2, 0.25) is 5.02 Å². The first kappa shape index (κ1) is 15.6. The van der Waals surface area contributed by atoms with Gasteiger partial charge in [0.05, 0.1) is 5.69 Å². The number of carbonyl (C=O) groups excluding carboxylic acids is 1. The molecule has 0 saturated carbocycles. The summed E-state index contributed by atoms with van der Waals surface area (Å²) < 4.78 is 0. The molecular formula is C19H15ClN4O. The molecule has 5 nitrogen and oxygen atoms in total. The average Bonchev–Trinajstić information content (AvgIpc) is 2.63. The third kappa shape index (κ3) is 3.32. The van der Waals surface area contributed by atoms with Gasteiger partial charge in [-0.1, -0.05) is 35.9 Å². The van der Waals surface area contributed by atoms with E-state index in [9.17, 15) is 4.79 Å². The molecule has 2 aromatic carbocycles. The summed E-state index contributed by atoms with van der Waals surface area (Å²) in [5, 5.41) is 6.02. The Labute approximate surface area is 150 Å². The first-order valence-corrected chi connectivity index (χ1v) is 8.34. The summed E-state index contributed by atoms with van der Waals surface area (Å²) in [6, 6.07) is 14.7. The number of halogens is 1. The molecule has 25 heavy (non-hydrogen) atoms. The number of amides is 2. The van der Waals surface area contributed by atoms with Crippen molar-refractivity contribution in [3.8, 4) is 11.3 Å². The van der Waals surface area contributed by atoms with Gasteiger partial charge in [0.1, 0.15) is 0 Å². The van der Waals surface area contributed by atoms with E-state index in [1.165, 1.54) is 5.56 Å². The molecule has 1 aromatic heterocycles. The molecule has 3 aromatic rings. The van der Waals surface area contributed by atoms with Crippen LogP contribution in [0.5, 0.6) is 0 Å². The van der Waals surface area contributed by atoms with Crippen molar-refractivity contribution in [2.75, 3.05) is 10.6 Å². The fourth-order valence-electron chi connectivity index (χ4n) is 2.92. The number of anilines is 2. The van der Waals surface area contributed by atoms with E-state index in [-0.39, 0.29) is 5.95 Å². The van der Waals surface area contributed by atoms with Gasteiger partial charge in [-0.15, -0.1) is 0 Å². The van der Waals surface area contributed by atoms with Crippen molar-refractivity contribution in [3.63, 3.8) is 0 Å². The molecule has 1 heterocycles. The lowest BCUT2D eigenvalue weighted by atomic mass is 9.90. The molecule has 124 valence electrons. The number of fused-ring (bicyclic) bond motifs is 3. The normalized spacial score (nSPS) is 12.0. The Kier molecular flexibility index (Phi) is 4.07. The lowest BCUT2D eigenvalue weighted by Gasteiger charge is -2.18. The zero-order chi connectivity index (χ0) is 17.2. The Morgan fingerprint density at radius 1 is 0.960 bits per heavy atom. The van der Waals surface area contributed by atoms with Gasteiger partial charge in [0.2, 0.25) is 5.95 Å². The number of rotatable bonds is 2.